The highest BCUT2D eigenvalue weighted by Gasteiger charge is 2.14. The van der Waals surface area contributed by atoms with E-state index < -0.39 is 0 Å². The third kappa shape index (κ3) is 6.38. The molecule has 0 aromatic heterocycles. The number of carbonyl (C=O) groups excluding carboxylic acids is 1. The van der Waals surface area contributed by atoms with Crippen LogP contribution >= 0.6 is 0 Å². The van der Waals surface area contributed by atoms with Gasteiger partial charge in [0, 0.05) is 50.5 Å². The van der Waals surface area contributed by atoms with Gasteiger partial charge in [0.1, 0.15) is 0 Å². The number of hydrogen-bond acceptors (Lipinski definition) is 4. The smallest absolute Gasteiger partial charge is 0.225 e. The van der Waals surface area contributed by atoms with Crippen LogP contribution in [0.25, 0.3) is 0 Å². The first-order valence-corrected chi connectivity index (χ1v) is 9.79. The molecule has 1 fully saturated rings. The van der Waals surface area contributed by atoms with Crippen molar-refractivity contribution in [2.24, 2.45) is 0 Å². The average Bonchev–Trinajstić information content (AvgIpc) is 2.70. The Labute approximate surface area is 162 Å². The number of hydrogen-bond donors (Lipinski definition) is 2. The molecule has 1 saturated heterocycles. The van der Waals surface area contributed by atoms with Crippen LogP contribution in [0.5, 0.6) is 0 Å². The molecule has 0 radical (unpaired) electrons. The lowest BCUT2D eigenvalue weighted by atomic mass is 10.1. The summed E-state index contributed by atoms with van der Waals surface area (Å²) in [5.74, 6) is 0.0505. The normalized spacial score (nSPS) is 14.9. The maximum atomic E-state index is 12.1. The molecule has 1 amide bonds. The van der Waals surface area contributed by atoms with E-state index in [-0.39, 0.29) is 5.91 Å². The Morgan fingerprint density at radius 1 is 0.926 bits per heavy atom. The zero-order valence-electron chi connectivity index (χ0n) is 16.2. The summed E-state index contributed by atoms with van der Waals surface area (Å²) >= 11 is 0. The van der Waals surface area contributed by atoms with Crippen LogP contribution in [0.4, 0.5) is 11.4 Å². The summed E-state index contributed by atoms with van der Waals surface area (Å²) < 4.78 is 0. The van der Waals surface area contributed by atoms with Crippen molar-refractivity contribution < 1.29 is 4.79 Å². The van der Waals surface area contributed by atoms with Crippen molar-refractivity contribution in [2.45, 2.75) is 12.8 Å². The highest BCUT2D eigenvalue weighted by atomic mass is 16.1. The van der Waals surface area contributed by atoms with Crippen molar-refractivity contribution in [3.05, 3.63) is 60.2 Å². The molecule has 2 N–H and O–H groups in total. The van der Waals surface area contributed by atoms with Crippen LogP contribution in [0.1, 0.15) is 12.0 Å². The fourth-order valence-corrected chi connectivity index (χ4v) is 3.25. The lowest BCUT2D eigenvalue weighted by Crippen LogP contribution is -2.44. The van der Waals surface area contributed by atoms with E-state index in [1.54, 1.807) is 0 Å². The highest BCUT2D eigenvalue weighted by Crippen LogP contribution is 2.19. The second-order valence-corrected chi connectivity index (χ2v) is 7.12. The number of amides is 1. The Hall–Kier alpha value is -2.37. The Morgan fingerprint density at radius 2 is 1.63 bits per heavy atom. The van der Waals surface area contributed by atoms with E-state index in [0.29, 0.717) is 13.0 Å². The minimum absolute atomic E-state index is 0.0505. The first kappa shape index (κ1) is 19.4. The van der Waals surface area contributed by atoms with Gasteiger partial charge >= 0.3 is 0 Å². The zero-order chi connectivity index (χ0) is 18.9. The Balaban J connectivity index is 1.34. The third-order valence-corrected chi connectivity index (χ3v) is 4.98. The Morgan fingerprint density at radius 3 is 2.33 bits per heavy atom. The van der Waals surface area contributed by atoms with Gasteiger partial charge in [0.25, 0.3) is 0 Å². The molecule has 3 rings (SSSR count). The van der Waals surface area contributed by atoms with Gasteiger partial charge in [-0.15, -0.1) is 0 Å². The predicted octanol–water partition coefficient (Wildman–Crippen LogP) is 2.60. The van der Waals surface area contributed by atoms with Crippen LogP contribution in [-0.2, 0) is 11.2 Å². The second-order valence-electron chi connectivity index (χ2n) is 7.12. The van der Waals surface area contributed by atoms with Gasteiger partial charge in [0.15, 0.2) is 0 Å². The van der Waals surface area contributed by atoms with Gasteiger partial charge in [-0.05, 0) is 49.8 Å². The van der Waals surface area contributed by atoms with Crippen molar-refractivity contribution >= 4 is 17.3 Å². The molecule has 0 saturated carbocycles. The first-order valence-electron chi connectivity index (χ1n) is 9.79. The maximum Gasteiger partial charge on any atom is 0.225 e. The number of rotatable bonds is 8. The van der Waals surface area contributed by atoms with E-state index in [1.807, 2.05) is 18.2 Å². The van der Waals surface area contributed by atoms with E-state index in [1.165, 1.54) is 11.3 Å². The number of carbonyl (C=O) groups is 1. The molecule has 5 nitrogen and oxygen atoms in total. The highest BCUT2D eigenvalue weighted by molar-refractivity contribution is 5.91. The number of piperazine rings is 1. The van der Waals surface area contributed by atoms with Gasteiger partial charge in [-0.25, -0.2) is 0 Å². The standard InChI is InChI=1S/C22H30N4O/c1-25-15-17-26(18-16-25)21-9-7-20(8-10-21)24-22(27)12-14-23-13-11-19-5-3-2-4-6-19/h2-10,23H,11-18H2,1H3,(H,24,27). The molecule has 0 aliphatic carbocycles. The Kier molecular flexibility index (Phi) is 7.25. The van der Waals surface area contributed by atoms with Crippen LogP contribution in [0, 0.1) is 0 Å². The molecule has 1 heterocycles. The average molecular weight is 367 g/mol. The van der Waals surface area contributed by atoms with Gasteiger partial charge < -0.3 is 20.4 Å². The molecule has 27 heavy (non-hydrogen) atoms. The lowest BCUT2D eigenvalue weighted by Gasteiger charge is -2.34. The van der Waals surface area contributed by atoms with Crippen molar-refractivity contribution in [3.8, 4) is 0 Å². The van der Waals surface area contributed by atoms with Crippen LogP contribution in [0.15, 0.2) is 54.6 Å². The van der Waals surface area contributed by atoms with Crippen molar-refractivity contribution in [1.82, 2.24) is 10.2 Å². The van der Waals surface area contributed by atoms with E-state index >= 15 is 0 Å². The molecule has 0 unspecified atom stereocenters. The largest absolute Gasteiger partial charge is 0.369 e. The number of benzene rings is 2. The van der Waals surface area contributed by atoms with E-state index in [9.17, 15) is 4.79 Å². The lowest BCUT2D eigenvalue weighted by molar-refractivity contribution is -0.116. The summed E-state index contributed by atoms with van der Waals surface area (Å²) in [4.78, 5) is 16.8. The zero-order valence-corrected chi connectivity index (χ0v) is 16.2. The minimum atomic E-state index is 0.0505. The fourth-order valence-electron chi connectivity index (χ4n) is 3.25. The van der Waals surface area contributed by atoms with E-state index in [4.69, 9.17) is 0 Å². The molecule has 144 valence electrons. The molecule has 1 aliphatic heterocycles. The van der Waals surface area contributed by atoms with Crippen molar-refractivity contribution in [1.29, 1.82) is 0 Å². The number of nitrogens with zero attached hydrogens (tertiary/aromatic N) is 2. The molecule has 0 spiro atoms. The monoisotopic (exact) mass is 366 g/mol. The maximum absolute atomic E-state index is 12.1. The van der Waals surface area contributed by atoms with Crippen LogP contribution < -0.4 is 15.5 Å². The number of likely N-dealkylation sites (N-methyl/N-ethyl adjacent to an activating group) is 1. The molecule has 1 aliphatic rings. The third-order valence-electron chi connectivity index (χ3n) is 4.98. The summed E-state index contributed by atoms with van der Waals surface area (Å²) in [7, 11) is 2.16. The van der Waals surface area contributed by atoms with Gasteiger partial charge in [0.05, 0.1) is 0 Å². The van der Waals surface area contributed by atoms with Gasteiger partial charge in [-0.1, -0.05) is 30.3 Å². The molecule has 2 aromatic carbocycles. The summed E-state index contributed by atoms with van der Waals surface area (Å²) in [5.41, 5.74) is 3.40. The van der Waals surface area contributed by atoms with Crippen LogP contribution in [0.3, 0.4) is 0 Å². The second kappa shape index (κ2) is 10.1. The van der Waals surface area contributed by atoms with Crippen LogP contribution in [-0.4, -0.2) is 57.1 Å². The fraction of sp³-hybridized carbons (Fsp3) is 0.409. The van der Waals surface area contributed by atoms with Gasteiger partial charge in [-0.3, -0.25) is 4.79 Å². The summed E-state index contributed by atoms with van der Waals surface area (Å²) in [5, 5.41) is 6.32. The summed E-state index contributed by atoms with van der Waals surface area (Å²) in [6, 6.07) is 18.6. The first-order chi connectivity index (χ1) is 13.2. The van der Waals surface area contributed by atoms with Crippen LogP contribution in [0.2, 0.25) is 0 Å². The molecule has 0 atom stereocenters. The minimum Gasteiger partial charge on any atom is -0.369 e. The molecular formula is C22H30N4O. The van der Waals surface area contributed by atoms with Crippen molar-refractivity contribution in [3.63, 3.8) is 0 Å². The topological polar surface area (TPSA) is 47.6 Å². The Bertz CT molecular complexity index is 694. The quantitative estimate of drug-likeness (QED) is 0.705. The molecule has 5 heteroatoms. The van der Waals surface area contributed by atoms with E-state index in [2.05, 4.69) is 63.9 Å². The van der Waals surface area contributed by atoms with Crippen molar-refractivity contribution in [2.75, 3.05) is 56.5 Å². The van der Waals surface area contributed by atoms with E-state index in [0.717, 1.165) is 44.8 Å². The number of nitrogens with one attached hydrogen (secondary N) is 2. The summed E-state index contributed by atoms with van der Waals surface area (Å²) in [6.07, 6.45) is 1.46. The number of anilines is 2. The van der Waals surface area contributed by atoms with Gasteiger partial charge in [0.2, 0.25) is 5.91 Å². The van der Waals surface area contributed by atoms with Gasteiger partial charge in [-0.2, -0.15) is 0 Å². The molecule has 2 aromatic rings. The molecule has 0 bridgehead atoms. The SMILES string of the molecule is CN1CCN(c2ccc(NC(=O)CCNCCc3ccccc3)cc2)CC1. The summed E-state index contributed by atoms with van der Waals surface area (Å²) in [6.45, 7) is 5.87. The molecular weight excluding hydrogens is 336 g/mol. The predicted molar refractivity (Wildman–Crippen MR) is 112 cm³/mol.